The number of hydrogen-bond donors (Lipinski definition) is 1. The van der Waals surface area contributed by atoms with E-state index in [9.17, 15) is 9.59 Å². The van der Waals surface area contributed by atoms with E-state index >= 15 is 0 Å². The first-order chi connectivity index (χ1) is 16.7. The summed E-state index contributed by atoms with van der Waals surface area (Å²) in [4.78, 5) is 28.5. The average Bonchev–Trinajstić information content (AvgIpc) is 3.09. The summed E-state index contributed by atoms with van der Waals surface area (Å²) >= 11 is 0. The number of imide groups is 1. The van der Waals surface area contributed by atoms with Crippen LogP contribution in [-0.4, -0.2) is 18.4 Å². The SMILES string of the molecule is CCOc1ccc(C2=C(Nc3ccc(C(C)(C)C)cc3)C(=O)N(c3ccc(CC)cc3)C2=O)cc1. The van der Waals surface area contributed by atoms with Crippen molar-refractivity contribution in [2.24, 2.45) is 0 Å². The van der Waals surface area contributed by atoms with Gasteiger partial charge in [0.25, 0.3) is 11.8 Å². The second kappa shape index (κ2) is 9.79. The minimum Gasteiger partial charge on any atom is -0.494 e. The fraction of sp³-hybridized carbons (Fsp3) is 0.267. The number of carbonyl (C=O) groups excluding carboxylic acids is 2. The zero-order chi connectivity index (χ0) is 25.2. The van der Waals surface area contributed by atoms with Crippen molar-refractivity contribution in [2.75, 3.05) is 16.8 Å². The van der Waals surface area contributed by atoms with Gasteiger partial charge in [-0.3, -0.25) is 9.59 Å². The molecule has 0 bridgehead atoms. The molecule has 1 aliphatic heterocycles. The maximum atomic E-state index is 13.6. The summed E-state index contributed by atoms with van der Waals surface area (Å²) in [5, 5.41) is 3.25. The van der Waals surface area contributed by atoms with Gasteiger partial charge in [-0.15, -0.1) is 0 Å². The third kappa shape index (κ3) is 4.99. The molecule has 0 unspecified atom stereocenters. The van der Waals surface area contributed by atoms with Gasteiger partial charge in [0.15, 0.2) is 0 Å². The van der Waals surface area contributed by atoms with Crippen LogP contribution in [0.2, 0.25) is 0 Å². The zero-order valence-corrected chi connectivity index (χ0v) is 21.0. The molecule has 0 radical (unpaired) electrons. The minimum atomic E-state index is -0.372. The molecule has 1 N–H and O–H groups in total. The Morgan fingerprint density at radius 1 is 0.800 bits per heavy atom. The highest BCUT2D eigenvalue weighted by molar-refractivity contribution is 6.46. The van der Waals surface area contributed by atoms with Crippen LogP contribution < -0.4 is 15.0 Å². The number of rotatable bonds is 7. The topological polar surface area (TPSA) is 58.6 Å². The molecule has 4 rings (SSSR count). The van der Waals surface area contributed by atoms with Crippen LogP contribution in [0.1, 0.15) is 51.3 Å². The normalized spacial score (nSPS) is 14.0. The Hall–Kier alpha value is -3.86. The number of ether oxygens (including phenoxy) is 1. The van der Waals surface area contributed by atoms with Crippen molar-refractivity contribution >= 4 is 28.8 Å². The van der Waals surface area contributed by atoms with Crippen molar-refractivity contribution < 1.29 is 14.3 Å². The van der Waals surface area contributed by atoms with Crippen molar-refractivity contribution in [2.45, 2.75) is 46.5 Å². The van der Waals surface area contributed by atoms with Crippen LogP contribution in [0.3, 0.4) is 0 Å². The third-order valence-corrected chi connectivity index (χ3v) is 6.16. The maximum absolute atomic E-state index is 13.6. The molecule has 0 aliphatic carbocycles. The Labute approximate surface area is 207 Å². The molecular formula is C30H32N2O3. The number of anilines is 2. The van der Waals surface area contributed by atoms with E-state index in [0.29, 0.717) is 29.2 Å². The van der Waals surface area contributed by atoms with Gasteiger partial charge in [-0.05, 0) is 71.8 Å². The summed E-state index contributed by atoms with van der Waals surface area (Å²) in [6.07, 6.45) is 0.884. The summed E-state index contributed by atoms with van der Waals surface area (Å²) in [5.41, 5.74) is 4.93. The number of hydrogen-bond acceptors (Lipinski definition) is 4. The van der Waals surface area contributed by atoms with E-state index in [1.807, 2.05) is 79.7 Å². The van der Waals surface area contributed by atoms with E-state index < -0.39 is 0 Å². The second-order valence-electron chi connectivity index (χ2n) is 9.63. The molecule has 2 amide bonds. The molecule has 3 aromatic rings. The van der Waals surface area contributed by atoms with Gasteiger partial charge in [0.2, 0.25) is 0 Å². The van der Waals surface area contributed by atoms with Crippen molar-refractivity contribution in [3.8, 4) is 5.75 Å². The predicted octanol–water partition coefficient (Wildman–Crippen LogP) is 6.34. The van der Waals surface area contributed by atoms with Crippen molar-refractivity contribution in [1.29, 1.82) is 0 Å². The van der Waals surface area contributed by atoms with Gasteiger partial charge >= 0.3 is 0 Å². The van der Waals surface area contributed by atoms with Crippen LogP contribution in [-0.2, 0) is 21.4 Å². The lowest BCUT2D eigenvalue weighted by Crippen LogP contribution is -2.32. The fourth-order valence-electron chi connectivity index (χ4n) is 4.11. The van der Waals surface area contributed by atoms with Gasteiger partial charge in [0, 0.05) is 5.69 Å². The molecule has 0 saturated heterocycles. The number of nitrogens with one attached hydrogen (secondary N) is 1. The highest BCUT2D eigenvalue weighted by Gasteiger charge is 2.40. The standard InChI is InChI=1S/C30H32N2O3/c1-6-20-8-16-24(17-9-20)32-28(33)26(21-10-18-25(19-11-21)35-7-2)27(29(32)34)31-23-14-12-22(13-15-23)30(3,4)5/h8-19,31H,6-7H2,1-5H3. The lowest BCUT2D eigenvalue weighted by atomic mass is 9.87. The van der Waals surface area contributed by atoms with E-state index in [0.717, 1.165) is 17.7 Å². The number of benzene rings is 3. The molecular weight excluding hydrogens is 436 g/mol. The first-order valence-electron chi connectivity index (χ1n) is 12.1. The molecule has 1 heterocycles. The Bertz CT molecular complexity index is 1250. The second-order valence-corrected chi connectivity index (χ2v) is 9.63. The van der Waals surface area contributed by atoms with Crippen LogP contribution in [0.4, 0.5) is 11.4 Å². The van der Waals surface area contributed by atoms with Gasteiger partial charge in [0.1, 0.15) is 11.4 Å². The van der Waals surface area contributed by atoms with Crippen molar-refractivity contribution in [3.05, 3.63) is 95.2 Å². The van der Waals surface area contributed by atoms with Crippen LogP contribution in [0.5, 0.6) is 5.75 Å². The highest BCUT2D eigenvalue weighted by atomic mass is 16.5. The smallest absolute Gasteiger partial charge is 0.282 e. The van der Waals surface area contributed by atoms with E-state index in [4.69, 9.17) is 4.74 Å². The fourth-order valence-corrected chi connectivity index (χ4v) is 4.11. The summed E-state index contributed by atoms with van der Waals surface area (Å²) in [5.74, 6) is -0.00633. The van der Waals surface area contributed by atoms with Gasteiger partial charge in [-0.1, -0.05) is 64.1 Å². The van der Waals surface area contributed by atoms with E-state index in [2.05, 4.69) is 33.0 Å². The molecule has 5 nitrogen and oxygen atoms in total. The molecule has 180 valence electrons. The van der Waals surface area contributed by atoms with Crippen LogP contribution in [0.25, 0.3) is 5.57 Å². The largest absolute Gasteiger partial charge is 0.494 e. The van der Waals surface area contributed by atoms with Gasteiger partial charge < -0.3 is 10.1 Å². The van der Waals surface area contributed by atoms with E-state index in [1.165, 1.54) is 10.5 Å². The first kappa shape index (κ1) is 24.3. The molecule has 0 saturated carbocycles. The average molecular weight is 469 g/mol. The summed E-state index contributed by atoms with van der Waals surface area (Å²) in [7, 11) is 0. The van der Waals surface area contributed by atoms with Crippen LogP contribution in [0, 0.1) is 0 Å². The van der Waals surface area contributed by atoms with Crippen molar-refractivity contribution in [3.63, 3.8) is 0 Å². The predicted molar refractivity (Wildman–Crippen MR) is 142 cm³/mol. The van der Waals surface area contributed by atoms with Gasteiger partial charge in [-0.25, -0.2) is 4.90 Å². The molecule has 3 aromatic carbocycles. The lowest BCUT2D eigenvalue weighted by molar-refractivity contribution is -0.120. The quantitative estimate of drug-likeness (QED) is 0.411. The van der Waals surface area contributed by atoms with Crippen LogP contribution in [0.15, 0.2) is 78.5 Å². The Morgan fingerprint density at radius 2 is 1.43 bits per heavy atom. The Kier molecular flexibility index (Phi) is 6.79. The third-order valence-electron chi connectivity index (χ3n) is 6.16. The molecule has 35 heavy (non-hydrogen) atoms. The number of amides is 2. The van der Waals surface area contributed by atoms with E-state index in [-0.39, 0.29) is 22.9 Å². The molecule has 0 aromatic heterocycles. The molecule has 1 aliphatic rings. The van der Waals surface area contributed by atoms with E-state index in [1.54, 1.807) is 0 Å². The summed E-state index contributed by atoms with van der Waals surface area (Å²) in [6.45, 7) is 11.0. The summed E-state index contributed by atoms with van der Waals surface area (Å²) in [6, 6.07) is 22.8. The number of aryl methyl sites for hydroxylation is 1. The number of carbonyl (C=O) groups is 2. The summed E-state index contributed by atoms with van der Waals surface area (Å²) < 4.78 is 5.55. The lowest BCUT2D eigenvalue weighted by Gasteiger charge is -2.19. The zero-order valence-electron chi connectivity index (χ0n) is 21.0. The number of nitrogens with zero attached hydrogens (tertiary/aromatic N) is 1. The highest BCUT2D eigenvalue weighted by Crippen LogP contribution is 2.35. The first-order valence-corrected chi connectivity index (χ1v) is 12.1. The molecule has 0 spiro atoms. The van der Waals surface area contributed by atoms with Crippen molar-refractivity contribution in [1.82, 2.24) is 0 Å². The Morgan fingerprint density at radius 3 is 1.97 bits per heavy atom. The van der Waals surface area contributed by atoms with Gasteiger partial charge in [0.05, 0.1) is 17.9 Å². The maximum Gasteiger partial charge on any atom is 0.282 e. The minimum absolute atomic E-state index is 0.0197. The molecule has 0 fully saturated rings. The van der Waals surface area contributed by atoms with Crippen LogP contribution >= 0.6 is 0 Å². The molecule has 5 heteroatoms. The van der Waals surface area contributed by atoms with Gasteiger partial charge in [-0.2, -0.15) is 0 Å². The monoisotopic (exact) mass is 468 g/mol. The Balaban J connectivity index is 1.74. The molecule has 0 atom stereocenters.